The van der Waals surface area contributed by atoms with E-state index >= 15 is 0 Å². The van der Waals surface area contributed by atoms with Crippen LogP contribution < -0.4 is 5.32 Å². The first kappa shape index (κ1) is 16.8. The number of amides is 2. The molecule has 2 aromatic rings. The zero-order valence-electron chi connectivity index (χ0n) is 14.7. The minimum atomic E-state index is -0.225. The van der Waals surface area contributed by atoms with Crippen LogP contribution >= 0.6 is 0 Å². The number of hydrogen-bond acceptors (Lipinski definition) is 2. The third kappa shape index (κ3) is 3.09. The molecule has 1 heterocycles. The van der Waals surface area contributed by atoms with Gasteiger partial charge in [-0.3, -0.25) is 9.59 Å². The van der Waals surface area contributed by atoms with E-state index in [2.05, 4.69) is 5.32 Å². The molecule has 1 N–H and O–H groups in total. The van der Waals surface area contributed by atoms with Crippen LogP contribution in [0.25, 0.3) is 0 Å². The topological polar surface area (TPSA) is 49.4 Å². The van der Waals surface area contributed by atoms with Gasteiger partial charge in [0.2, 0.25) is 11.8 Å². The molecule has 1 saturated carbocycles. The van der Waals surface area contributed by atoms with E-state index in [1.165, 1.54) is 13.0 Å². The van der Waals surface area contributed by atoms with Crippen molar-refractivity contribution in [1.29, 1.82) is 0 Å². The Morgan fingerprint density at radius 1 is 1.15 bits per heavy atom. The third-order valence-electron chi connectivity index (χ3n) is 5.30. The summed E-state index contributed by atoms with van der Waals surface area (Å²) >= 11 is 0. The summed E-state index contributed by atoms with van der Waals surface area (Å²) in [6, 6.07) is 12.5. The number of hydrogen-bond donors (Lipinski definition) is 1. The lowest BCUT2D eigenvalue weighted by Gasteiger charge is -2.30. The highest BCUT2D eigenvalue weighted by Crippen LogP contribution is 2.49. The normalized spacial score (nSPS) is 21.1. The quantitative estimate of drug-likeness (QED) is 0.919. The zero-order chi connectivity index (χ0) is 18.3. The van der Waals surface area contributed by atoms with Gasteiger partial charge in [-0.05, 0) is 47.6 Å². The molecule has 4 rings (SSSR count). The number of nitrogens with zero attached hydrogens (tertiary/aromatic N) is 1. The number of fused-ring (bicyclic) bond motifs is 1. The monoisotopic (exact) mass is 352 g/mol. The van der Waals surface area contributed by atoms with E-state index in [0.29, 0.717) is 25.1 Å². The van der Waals surface area contributed by atoms with E-state index in [0.717, 1.165) is 23.2 Å². The molecule has 1 aliphatic heterocycles. The van der Waals surface area contributed by atoms with Crippen LogP contribution in [-0.2, 0) is 22.6 Å². The molecule has 5 heteroatoms. The van der Waals surface area contributed by atoms with Gasteiger partial charge < -0.3 is 10.2 Å². The Hall–Kier alpha value is -2.69. The van der Waals surface area contributed by atoms with E-state index in [4.69, 9.17) is 0 Å². The molecule has 0 radical (unpaired) electrons. The van der Waals surface area contributed by atoms with Crippen molar-refractivity contribution >= 4 is 17.5 Å². The summed E-state index contributed by atoms with van der Waals surface area (Å²) in [4.78, 5) is 26.1. The van der Waals surface area contributed by atoms with Gasteiger partial charge >= 0.3 is 0 Å². The van der Waals surface area contributed by atoms with Gasteiger partial charge in [0.15, 0.2) is 0 Å². The van der Waals surface area contributed by atoms with Gasteiger partial charge in [-0.1, -0.05) is 30.3 Å². The van der Waals surface area contributed by atoms with Gasteiger partial charge in [-0.15, -0.1) is 0 Å². The largest absolute Gasteiger partial charge is 0.338 e. The van der Waals surface area contributed by atoms with Crippen LogP contribution in [0.5, 0.6) is 0 Å². The molecule has 1 aliphatic carbocycles. The van der Waals surface area contributed by atoms with Crippen molar-refractivity contribution < 1.29 is 14.0 Å². The highest BCUT2D eigenvalue weighted by molar-refractivity contribution is 5.90. The molecule has 2 amide bonds. The molecule has 4 nitrogen and oxygen atoms in total. The molecule has 2 aromatic carbocycles. The van der Waals surface area contributed by atoms with Crippen molar-refractivity contribution in [3.63, 3.8) is 0 Å². The summed E-state index contributed by atoms with van der Waals surface area (Å²) in [7, 11) is 0. The maximum atomic E-state index is 13.9. The van der Waals surface area contributed by atoms with E-state index in [1.807, 2.05) is 29.2 Å². The van der Waals surface area contributed by atoms with Crippen LogP contribution in [-0.4, -0.2) is 23.3 Å². The van der Waals surface area contributed by atoms with Crippen molar-refractivity contribution in [3.05, 3.63) is 65.0 Å². The second kappa shape index (κ2) is 6.56. The van der Waals surface area contributed by atoms with Crippen molar-refractivity contribution in [2.45, 2.75) is 32.2 Å². The van der Waals surface area contributed by atoms with E-state index in [9.17, 15) is 14.0 Å². The fourth-order valence-electron chi connectivity index (χ4n) is 3.93. The molecule has 26 heavy (non-hydrogen) atoms. The van der Waals surface area contributed by atoms with Crippen LogP contribution in [0.1, 0.15) is 36.0 Å². The van der Waals surface area contributed by atoms with Crippen molar-refractivity contribution in [2.75, 3.05) is 11.9 Å². The van der Waals surface area contributed by atoms with E-state index < -0.39 is 0 Å². The highest BCUT2D eigenvalue weighted by Gasteiger charge is 2.47. The molecular weight excluding hydrogens is 331 g/mol. The first-order chi connectivity index (χ1) is 12.5. The number of carbonyl (C=O) groups excluding carboxylic acids is 2. The summed E-state index contributed by atoms with van der Waals surface area (Å²) < 4.78 is 13.9. The molecule has 0 saturated heterocycles. The summed E-state index contributed by atoms with van der Waals surface area (Å²) in [5, 5.41) is 2.86. The Labute approximate surface area is 152 Å². The predicted molar refractivity (Wildman–Crippen MR) is 97.1 cm³/mol. The van der Waals surface area contributed by atoms with Crippen LogP contribution in [0, 0.1) is 11.7 Å². The average Bonchev–Trinajstić information content (AvgIpc) is 3.41. The van der Waals surface area contributed by atoms with Crippen LogP contribution in [0.15, 0.2) is 42.5 Å². The van der Waals surface area contributed by atoms with Gasteiger partial charge in [0.25, 0.3) is 0 Å². The molecular formula is C21H21FN2O2. The molecule has 134 valence electrons. The van der Waals surface area contributed by atoms with Gasteiger partial charge in [-0.2, -0.15) is 0 Å². The second-order valence-corrected chi connectivity index (χ2v) is 7.10. The first-order valence-electron chi connectivity index (χ1n) is 8.96. The van der Waals surface area contributed by atoms with Crippen LogP contribution in [0.4, 0.5) is 10.1 Å². The first-order valence-corrected chi connectivity index (χ1v) is 8.96. The highest BCUT2D eigenvalue weighted by atomic mass is 19.1. The molecule has 0 aromatic heterocycles. The molecule has 0 unspecified atom stereocenters. The van der Waals surface area contributed by atoms with Gasteiger partial charge in [0.05, 0.1) is 0 Å². The predicted octanol–water partition coefficient (Wildman–Crippen LogP) is 3.47. The lowest BCUT2D eigenvalue weighted by atomic mass is 9.97. The number of benzene rings is 2. The van der Waals surface area contributed by atoms with Crippen molar-refractivity contribution in [3.8, 4) is 0 Å². The number of rotatable bonds is 3. The Bertz CT molecular complexity index is 880. The minimum absolute atomic E-state index is 0.00388. The molecule has 1 fully saturated rings. The number of nitrogens with one attached hydrogen (secondary N) is 1. The Balaban J connectivity index is 1.47. The molecule has 0 spiro atoms. The Morgan fingerprint density at radius 2 is 1.96 bits per heavy atom. The van der Waals surface area contributed by atoms with Gasteiger partial charge in [0.1, 0.15) is 5.82 Å². The number of halogens is 1. The maximum Gasteiger partial charge on any atom is 0.226 e. The van der Waals surface area contributed by atoms with Crippen LogP contribution in [0.3, 0.4) is 0 Å². The maximum absolute atomic E-state index is 13.9. The lowest BCUT2D eigenvalue weighted by Crippen LogP contribution is -2.37. The summed E-state index contributed by atoms with van der Waals surface area (Å²) in [6.07, 6.45) is 1.43. The van der Waals surface area contributed by atoms with Gasteiger partial charge in [-0.25, -0.2) is 4.39 Å². The second-order valence-electron chi connectivity index (χ2n) is 7.10. The summed E-state index contributed by atoms with van der Waals surface area (Å²) in [6.45, 7) is 2.67. The smallest absolute Gasteiger partial charge is 0.226 e. The molecule has 0 bridgehead atoms. The zero-order valence-corrected chi connectivity index (χ0v) is 14.7. The summed E-state index contributed by atoms with van der Waals surface area (Å²) in [5.41, 5.74) is 3.65. The lowest BCUT2D eigenvalue weighted by molar-refractivity contribution is -0.133. The minimum Gasteiger partial charge on any atom is -0.338 e. The van der Waals surface area contributed by atoms with Crippen molar-refractivity contribution in [2.24, 2.45) is 5.92 Å². The van der Waals surface area contributed by atoms with Crippen molar-refractivity contribution in [1.82, 2.24) is 4.90 Å². The van der Waals surface area contributed by atoms with E-state index in [1.54, 1.807) is 12.1 Å². The summed E-state index contributed by atoms with van der Waals surface area (Å²) in [5.74, 6) is -0.337. The fraction of sp³-hybridized carbons (Fsp3) is 0.333. The fourth-order valence-corrected chi connectivity index (χ4v) is 3.93. The number of anilines is 1. The standard InChI is InChI=1S/C21H21FN2O2/c1-13(25)23-20-8-4-5-14-12-24(10-9-15(14)20)21(26)18-11-17(18)16-6-2-3-7-19(16)22/h2-8,17-18H,9-12H2,1H3,(H,23,25)/t17-,18-/m1/s1. The molecule has 2 aliphatic rings. The number of carbonyl (C=O) groups is 2. The Kier molecular flexibility index (Phi) is 4.23. The van der Waals surface area contributed by atoms with Gasteiger partial charge in [0, 0.05) is 31.6 Å². The third-order valence-corrected chi connectivity index (χ3v) is 5.30. The SMILES string of the molecule is CC(=O)Nc1cccc2c1CCN(C(=O)[C@@H]1C[C@@H]1c1ccccc1F)C2. The Morgan fingerprint density at radius 3 is 2.73 bits per heavy atom. The van der Waals surface area contributed by atoms with Crippen LogP contribution in [0.2, 0.25) is 0 Å². The average molecular weight is 352 g/mol. The van der Waals surface area contributed by atoms with E-state index in [-0.39, 0.29) is 29.5 Å². The molecule has 2 atom stereocenters.